The molecule has 0 atom stereocenters. The van der Waals surface area contributed by atoms with Gasteiger partial charge in [0.05, 0.1) is 13.0 Å². The Morgan fingerprint density at radius 3 is 3.33 bits per heavy atom. The highest BCUT2D eigenvalue weighted by Crippen LogP contribution is 2.16. The van der Waals surface area contributed by atoms with E-state index in [1.807, 2.05) is 5.41 Å². The van der Waals surface area contributed by atoms with Gasteiger partial charge in [0.25, 0.3) is 0 Å². The third-order valence-electron chi connectivity index (χ3n) is 0.988. The number of ether oxygens (including phenoxy) is 1. The van der Waals surface area contributed by atoms with Crippen molar-refractivity contribution in [3.05, 3.63) is 11.2 Å². The van der Waals surface area contributed by atoms with E-state index in [4.69, 9.17) is 4.74 Å². The summed E-state index contributed by atoms with van der Waals surface area (Å²) in [5.74, 6) is 1.81. The Balaban J connectivity index is 2.36. The number of carbonyl (C=O) groups excluding carboxylic acids is 1. The number of thioether (sulfide) groups is 1. The number of hydrogen-bond acceptors (Lipinski definition) is 3. The first-order valence-electron chi connectivity index (χ1n) is 2.80. The molecule has 0 spiro atoms. The number of rotatable bonds is 2. The van der Waals surface area contributed by atoms with Crippen molar-refractivity contribution in [2.45, 2.75) is 6.42 Å². The van der Waals surface area contributed by atoms with Crippen LogP contribution in [0.1, 0.15) is 6.42 Å². The molecular formula is C6H8O2S. The van der Waals surface area contributed by atoms with E-state index in [0.717, 1.165) is 24.4 Å². The fourth-order valence-corrected chi connectivity index (χ4v) is 1.24. The Bertz CT molecular complexity index is 131. The second-order valence-corrected chi connectivity index (χ2v) is 2.65. The molecule has 2 nitrogen and oxygen atoms in total. The number of hydrogen-bond donors (Lipinski definition) is 0. The summed E-state index contributed by atoms with van der Waals surface area (Å²) in [6.45, 7) is 0.740. The minimum atomic E-state index is 0.424. The summed E-state index contributed by atoms with van der Waals surface area (Å²) in [6, 6.07) is 0. The summed E-state index contributed by atoms with van der Waals surface area (Å²) >= 11 is 1.70. The monoisotopic (exact) mass is 144 g/mol. The Morgan fingerprint density at radius 2 is 2.78 bits per heavy atom. The molecule has 0 N–H and O–H groups in total. The Hall–Kier alpha value is -0.440. The van der Waals surface area contributed by atoms with Crippen LogP contribution in [-0.4, -0.2) is 18.6 Å². The van der Waals surface area contributed by atoms with Gasteiger partial charge in [-0.05, 0) is 0 Å². The second kappa shape index (κ2) is 3.56. The maximum atomic E-state index is 9.94. The van der Waals surface area contributed by atoms with E-state index in [1.54, 1.807) is 11.8 Å². The van der Waals surface area contributed by atoms with Crippen molar-refractivity contribution in [1.29, 1.82) is 0 Å². The zero-order valence-corrected chi connectivity index (χ0v) is 5.82. The van der Waals surface area contributed by atoms with Gasteiger partial charge in [-0.2, -0.15) is 0 Å². The molecule has 1 rings (SSSR count). The smallest absolute Gasteiger partial charge is 0.127 e. The molecule has 0 unspecified atom stereocenters. The van der Waals surface area contributed by atoms with Gasteiger partial charge in [0.1, 0.15) is 12.0 Å². The quantitative estimate of drug-likeness (QED) is 0.544. The second-order valence-electron chi connectivity index (χ2n) is 1.67. The van der Waals surface area contributed by atoms with Crippen LogP contribution in [0.4, 0.5) is 0 Å². The van der Waals surface area contributed by atoms with Gasteiger partial charge in [0.2, 0.25) is 0 Å². The van der Waals surface area contributed by atoms with Crippen LogP contribution in [0.25, 0.3) is 0 Å². The van der Waals surface area contributed by atoms with E-state index in [2.05, 4.69) is 0 Å². The minimum absolute atomic E-state index is 0.424. The lowest BCUT2D eigenvalue weighted by Gasteiger charge is -2.11. The molecule has 0 radical (unpaired) electrons. The molecule has 0 aliphatic carbocycles. The molecular weight excluding hydrogens is 136 g/mol. The maximum Gasteiger partial charge on any atom is 0.127 e. The van der Waals surface area contributed by atoms with Gasteiger partial charge in [-0.3, -0.25) is 0 Å². The number of allylic oxidation sites excluding steroid dienone is 1. The average Bonchev–Trinajstić information content (AvgIpc) is 1.91. The molecule has 0 aromatic carbocycles. The van der Waals surface area contributed by atoms with Crippen LogP contribution < -0.4 is 0 Å². The fraction of sp³-hybridized carbons (Fsp3) is 0.500. The van der Waals surface area contributed by atoms with Crippen LogP contribution in [-0.2, 0) is 9.53 Å². The third kappa shape index (κ3) is 2.10. The van der Waals surface area contributed by atoms with E-state index in [9.17, 15) is 4.79 Å². The van der Waals surface area contributed by atoms with Crippen LogP contribution in [0.5, 0.6) is 0 Å². The molecule has 1 heterocycles. The molecule has 0 bridgehead atoms. The summed E-state index contributed by atoms with van der Waals surface area (Å²) < 4.78 is 5.13. The highest BCUT2D eigenvalue weighted by atomic mass is 32.2. The molecule has 0 aromatic rings. The predicted octanol–water partition coefficient (Wildman–Crippen LogP) is 1.18. The highest BCUT2D eigenvalue weighted by Gasteiger charge is 2.01. The first-order valence-corrected chi connectivity index (χ1v) is 3.85. The molecule has 50 valence electrons. The molecule has 0 amide bonds. The van der Waals surface area contributed by atoms with Gasteiger partial charge >= 0.3 is 0 Å². The summed E-state index contributed by atoms with van der Waals surface area (Å²) in [5.41, 5.74) is 0. The largest absolute Gasteiger partial charge is 0.496 e. The van der Waals surface area contributed by atoms with E-state index in [0.29, 0.717) is 6.42 Å². The number of aldehydes is 1. The fourth-order valence-electron chi connectivity index (χ4n) is 0.596. The Morgan fingerprint density at radius 1 is 1.89 bits per heavy atom. The van der Waals surface area contributed by atoms with Gasteiger partial charge < -0.3 is 9.53 Å². The van der Waals surface area contributed by atoms with Crippen LogP contribution in [0.15, 0.2) is 11.2 Å². The predicted molar refractivity (Wildman–Crippen MR) is 37.2 cm³/mol. The van der Waals surface area contributed by atoms with Crippen molar-refractivity contribution in [3.8, 4) is 0 Å². The van der Waals surface area contributed by atoms with Crippen molar-refractivity contribution in [1.82, 2.24) is 0 Å². The van der Waals surface area contributed by atoms with Crippen molar-refractivity contribution < 1.29 is 9.53 Å². The van der Waals surface area contributed by atoms with Gasteiger partial charge in [-0.15, -0.1) is 11.8 Å². The first-order chi connectivity index (χ1) is 4.43. The standard InChI is InChI=1S/C6H8O2S/c7-2-1-6-5-9-4-3-8-6/h2,5H,1,3-4H2. The molecule has 9 heavy (non-hydrogen) atoms. The average molecular weight is 144 g/mol. The molecule has 0 aromatic heterocycles. The van der Waals surface area contributed by atoms with E-state index < -0.39 is 0 Å². The van der Waals surface area contributed by atoms with Gasteiger partial charge in [-0.25, -0.2) is 0 Å². The lowest BCUT2D eigenvalue weighted by molar-refractivity contribution is -0.107. The van der Waals surface area contributed by atoms with Crippen molar-refractivity contribution in [2.24, 2.45) is 0 Å². The maximum absolute atomic E-state index is 9.94. The van der Waals surface area contributed by atoms with Crippen LogP contribution >= 0.6 is 11.8 Å². The van der Waals surface area contributed by atoms with Crippen LogP contribution in [0, 0.1) is 0 Å². The molecule has 0 saturated carbocycles. The van der Waals surface area contributed by atoms with Crippen molar-refractivity contribution in [2.75, 3.05) is 12.4 Å². The number of carbonyl (C=O) groups is 1. The topological polar surface area (TPSA) is 26.3 Å². The Labute approximate surface area is 58.3 Å². The lowest BCUT2D eigenvalue weighted by atomic mass is 10.4. The zero-order valence-electron chi connectivity index (χ0n) is 5.00. The molecule has 3 heteroatoms. The van der Waals surface area contributed by atoms with Crippen molar-refractivity contribution in [3.63, 3.8) is 0 Å². The van der Waals surface area contributed by atoms with Crippen LogP contribution in [0.3, 0.4) is 0 Å². The summed E-state index contributed by atoms with van der Waals surface area (Å²) in [6.07, 6.45) is 1.28. The first kappa shape index (κ1) is 6.68. The molecule has 1 aliphatic rings. The van der Waals surface area contributed by atoms with Gasteiger partial charge in [0, 0.05) is 11.2 Å². The van der Waals surface area contributed by atoms with Crippen molar-refractivity contribution >= 4 is 18.0 Å². The SMILES string of the molecule is O=CCC1=CSCCO1. The molecule has 0 saturated heterocycles. The Kier molecular flexibility index (Phi) is 2.64. The normalized spacial score (nSPS) is 18.0. The summed E-state index contributed by atoms with van der Waals surface area (Å²) in [7, 11) is 0. The summed E-state index contributed by atoms with van der Waals surface area (Å²) in [5, 5.41) is 1.90. The summed E-state index contributed by atoms with van der Waals surface area (Å²) in [4.78, 5) is 9.94. The zero-order chi connectivity index (χ0) is 6.53. The lowest BCUT2D eigenvalue weighted by Crippen LogP contribution is -2.01. The highest BCUT2D eigenvalue weighted by molar-refractivity contribution is 8.02. The van der Waals surface area contributed by atoms with E-state index in [1.165, 1.54) is 0 Å². The molecule has 0 fully saturated rings. The third-order valence-corrected chi connectivity index (χ3v) is 1.82. The molecule has 1 aliphatic heterocycles. The van der Waals surface area contributed by atoms with E-state index in [-0.39, 0.29) is 0 Å². The van der Waals surface area contributed by atoms with Crippen LogP contribution in [0.2, 0.25) is 0 Å². The van der Waals surface area contributed by atoms with Gasteiger partial charge in [-0.1, -0.05) is 0 Å². The minimum Gasteiger partial charge on any atom is -0.496 e. The van der Waals surface area contributed by atoms with Gasteiger partial charge in [0.15, 0.2) is 0 Å². The van der Waals surface area contributed by atoms with E-state index >= 15 is 0 Å².